The van der Waals surface area contributed by atoms with Crippen molar-refractivity contribution in [3.8, 4) is 16.9 Å². The summed E-state index contributed by atoms with van der Waals surface area (Å²) in [4.78, 5) is 40.4. The number of phenols is 1. The van der Waals surface area contributed by atoms with Gasteiger partial charge in [0.05, 0.1) is 11.6 Å². The van der Waals surface area contributed by atoms with Gasteiger partial charge in [-0.2, -0.15) is 0 Å². The summed E-state index contributed by atoms with van der Waals surface area (Å²) in [6.45, 7) is 0. The van der Waals surface area contributed by atoms with Crippen LogP contribution in [0.5, 0.6) is 5.75 Å². The van der Waals surface area contributed by atoms with Gasteiger partial charge in [0, 0.05) is 17.1 Å². The van der Waals surface area contributed by atoms with Crippen LogP contribution in [-0.4, -0.2) is 68.5 Å². The zero-order chi connectivity index (χ0) is 27.0. The fourth-order valence-corrected chi connectivity index (χ4v) is 6.18. The van der Waals surface area contributed by atoms with Crippen LogP contribution < -0.4 is 5.73 Å². The van der Waals surface area contributed by atoms with Crippen LogP contribution in [-0.2, 0) is 20.8 Å². The van der Waals surface area contributed by atoms with Crippen molar-refractivity contribution >= 4 is 23.2 Å². The number of rotatable bonds is 3. The molecule has 2 aromatic carbocycles. The number of hydrogen-bond donors (Lipinski definition) is 5. The van der Waals surface area contributed by atoms with Crippen LogP contribution in [0.1, 0.15) is 17.5 Å². The number of aromatic hydroxyl groups is 1. The molecule has 0 bridgehead atoms. The molecule has 1 amide bonds. The molecule has 37 heavy (non-hydrogen) atoms. The summed E-state index contributed by atoms with van der Waals surface area (Å²) < 4.78 is 14.7. The number of likely N-dealkylation sites (N-methyl/N-ethyl adjacent to an activating group) is 1. The fraction of sp³-hybridized carbons (Fsp3) is 0.296. The van der Waals surface area contributed by atoms with Gasteiger partial charge in [0.15, 0.2) is 11.4 Å². The summed E-state index contributed by atoms with van der Waals surface area (Å²) in [7, 11) is 3.06. The van der Waals surface area contributed by atoms with E-state index in [1.807, 2.05) is 0 Å². The molecule has 6 N–H and O–H groups in total. The fourth-order valence-electron chi connectivity index (χ4n) is 6.18. The van der Waals surface area contributed by atoms with E-state index in [4.69, 9.17) is 5.73 Å². The summed E-state index contributed by atoms with van der Waals surface area (Å²) >= 11 is 0. The van der Waals surface area contributed by atoms with E-state index in [1.165, 1.54) is 43.3 Å². The second-order valence-electron chi connectivity index (χ2n) is 9.93. The maximum atomic E-state index is 14.7. The zero-order valence-electron chi connectivity index (χ0n) is 20.0. The molecule has 5 rings (SSSR count). The number of primary amides is 1. The molecule has 3 aliphatic rings. The number of amides is 1. The number of hydrogen-bond acceptors (Lipinski definition) is 8. The number of ketones is 2. The highest BCUT2D eigenvalue weighted by atomic mass is 19.1. The lowest BCUT2D eigenvalue weighted by molar-refractivity contribution is -0.153. The van der Waals surface area contributed by atoms with Crippen molar-refractivity contribution in [2.45, 2.75) is 24.5 Å². The summed E-state index contributed by atoms with van der Waals surface area (Å²) in [5, 5.41) is 44.4. The minimum absolute atomic E-state index is 0.0435. The molecule has 0 radical (unpaired) electrons. The van der Waals surface area contributed by atoms with Crippen molar-refractivity contribution in [1.29, 1.82) is 0 Å². The van der Waals surface area contributed by atoms with Crippen LogP contribution >= 0.6 is 0 Å². The highest BCUT2D eigenvalue weighted by Gasteiger charge is 2.64. The van der Waals surface area contributed by atoms with E-state index >= 15 is 0 Å². The van der Waals surface area contributed by atoms with E-state index in [1.54, 1.807) is 12.1 Å². The first-order chi connectivity index (χ1) is 17.4. The van der Waals surface area contributed by atoms with Gasteiger partial charge in [-0.1, -0.05) is 24.3 Å². The molecule has 1 saturated carbocycles. The Labute approximate surface area is 210 Å². The number of benzene rings is 2. The monoisotopic (exact) mass is 508 g/mol. The summed E-state index contributed by atoms with van der Waals surface area (Å²) in [5.74, 6) is -7.77. The molecule has 0 spiro atoms. The average Bonchev–Trinajstić information content (AvgIpc) is 2.82. The third kappa shape index (κ3) is 3.25. The second kappa shape index (κ2) is 8.25. The van der Waals surface area contributed by atoms with E-state index < -0.39 is 63.9 Å². The third-order valence-corrected chi connectivity index (χ3v) is 7.77. The van der Waals surface area contributed by atoms with E-state index in [-0.39, 0.29) is 35.3 Å². The lowest BCUT2D eigenvalue weighted by Gasteiger charge is -2.50. The Morgan fingerprint density at radius 3 is 2.38 bits per heavy atom. The van der Waals surface area contributed by atoms with E-state index in [2.05, 4.69) is 0 Å². The first-order valence-corrected chi connectivity index (χ1v) is 11.7. The van der Waals surface area contributed by atoms with Crippen LogP contribution in [0.25, 0.3) is 16.9 Å². The number of phenolic OH excluding ortho intramolecular Hbond substituents is 1. The second-order valence-corrected chi connectivity index (χ2v) is 9.93. The molecule has 4 atom stereocenters. The van der Waals surface area contributed by atoms with Crippen LogP contribution in [0.4, 0.5) is 4.39 Å². The smallest absolute Gasteiger partial charge is 0.255 e. The molecule has 1 fully saturated rings. The molecular formula is C27H25FN2O7. The van der Waals surface area contributed by atoms with Gasteiger partial charge in [0.25, 0.3) is 5.91 Å². The number of carbonyl (C=O) groups is 3. The predicted molar refractivity (Wildman–Crippen MR) is 130 cm³/mol. The number of Topliss-reactive ketones (excluding diaryl/α,β-unsaturated/α-hetero) is 2. The first kappa shape index (κ1) is 24.7. The maximum absolute atomic E-state index is 14.7. The van der Waals surface area contributed by atoms with Crippen molar-refractivity contribution in [2.75, 3.05) is 14.1 Å². The maximum Gasteiger partial charge on any atom is 0.255 e. The normalized spacial score (nSPS) is 27.2. The topological polar surface area (TPSA) is 161 Å². The van der Waals surface area contributed by atoms with Crippen molar-refractivity contribution < 1.29 is 39.2 Å². The predicted octanol–water partition coefficient (Wildman–Crippen LogP) is 1.77. The van der Waals surface area contributed by atoms with Gasteiger partial charge < -0.3 is 26.2 Å². The zero-order valence-corrected chi connectivity index (χ0v) is 20.0. The average molecular weight is 509 g/mol. The number of halogens is 1. The van der Waals surface area contributed by atoms with Crippen molar-refractivity contribution in [3.05, 3.63) is 70.2 Å². The van der Waals surface area contributed by atoms with Crippen LogP contribution in [0, 0.1) is 17.7 Å². The van der Waals surface area contributed by atoms with Gasteiger partial charge in [0.2, 0.25) is 5.78 Å². The van der Waals surface area contributed by atoms with Crippen molar-refractivity contribution in [1.82, 2.24) is 4.90 Å². The number of aliphatic hydroxyl groups is 3. The summed E-state index contributed by atoms with van der Waals surface area (Å²) in [5.41, 5.74) is 2.45. The summed E-state index contributed by atoms with van der Waals surface area (Å²) in [6, 6.07) is 7.63. The highest BCUT2D eigenvalue weighted by Crippen LogP contribution is 2.53. The molecule has 10 heteroatoms. The standard InChI is InChI=1S/C27H25FN2O7/c1-30(2)21-15-10-11-9-14-12(13-5-3-4-6-16(13)28)7-8-17(31)19(14)22(32)18(11)24(34)27(15,37)25(35)20(23(21)33)26(29)36/h3-8,11,15,21,31-32,35,37H,9-10H2,1-2H3,(H2,29,36)/t11-,15-,21-,27-/m1/s1. The molecule has 0 saturated heterocycles. The largest absolute Gasteiger partial charge is 0.508 e. The Morgan fingerprint density at radius 2 is 1.76 bits per heavy atom. The van der Waals surface area contributed by atoms with Crippen molar-refractivity contribution in [3.63, 3.8) is 0 Å². The van der Waals surface area contributed by atoms with Gasteiger partial charge in [-0.05, 0) is 56.1 Å². The van der Waals surface area contributed by atoms with Crippen LogP contribution in [0.3, 0.4) is 0 Å². The third-order valence-electron chi connectivity index (χ3n) is 7.77. The van der Waals surface area contributed by atoms with Gasteiger partial charge in [-0.25, -0.2) is 4.39 Å². The highest BCUT2D eigenvalue weighted by molar-refractivity contribution is 6.24. The van der Waals surface area contributed by atoms with E-state index in [9.17, 15) is 39.2 Å². The number of nitrogens with two attached hydrogens (primary N) is 1. The Kier molecular flexibility index (Phi) is 5.50. The van der Waals surface area contributed by atoms with Crippen LogP contribution in [0.2, 0.25) is 0 Å². The Balaban J connectivity index is 1.76. The summed E-state index contributed by atoms with van der Waals surface area (Å²) in [6.07, 6.45) is 0.0325. The first-order valence-electron chi connectivity index (χ1n) is 11.7. The lowest BCUT2D eigenvalue weighted by atomic mass is 9.57. The van der Waals surface area contributed by atoms with Crippen molar-refractivity contribution in [2.24, 2.45) is 17.6 Å². The van der Waals surface area contributed by atoms with Crippen LogP contribution in [0.15, 0.2) is 53.3 Å². The molecule has 0 unspecified atom stereocenters. The number of fused-ring (bicyclic) bond motifs is 3. The number of nitrogens with zero attached hydrogens (tertiary/aromatic N) is 1. The molecule has 0 heterocycles. The molecule has 192 valence electrons. The van der Waals surface area contributed by atoms with Gasteiger partial charge >= 0.3 is 0 Å². The molecule has 3 aliphatic carbocycles. The quantitative estimate of drug-likeness (QED) is 0.392. The minimum atomic E-state index is -2.71. The number of aliphatic hydroxyl groups excluding tert-OH is 2. The SMILES string of the molecule is CN(C)[C@H]1C(=O)C(C(N)=O)=C(O)[C@]2(O)C(=O)C3=C(O)c4c(O)ccc(-c5ccccc5F)c4C[C@@H]3C[C@H]12. The van der Waals surface area contributed by atoms with Gasteiger partial charge in [0.1, 0.15) is 28.7 Å². The Hall–Kier alpha value is -4.02. The Morgan fingerprint density at radius 1 is 1.08 bits per heavy atom. The van der Waals surface area contributed by atoms with E-state index in [0.29, 0.717) is 11.1 Å². The van der Waals surface area contributed by atoms with E-state index in [0.717, 1.165) is 0 Å². The molecular weight excluding hydrogens is 483 g/mol. The lowest BCUT2D eigenvalue weighted by Crippen LogP contribution is -2.65. The molecule has 9 nitrogen and oxygen atoms in total. The minimum Gasteiger partial charge on any atom is -0.508 e. The molecule has 2 aromatic rings. The molecule has 0 aliphatic heterocycles. The van der Waals surface area contributed by atoms with Gasteiger partial charge in [-0.15, -0.1) is 0 Å². The number of carbonyl (C=O) groups excluding carboxylic acids is 3. The van der Waals surface area contributed by atoms with Gasteiger partial charge in [-0.3, -0.25) is 19.3 Å². The molecule has 0 aromatic heterocycles. The Bertz CT molecular complexity index is 1460.